The van der Waals surface area contributed by atoms with Crippen molar-refractivity contribution in [3.8, 4) is 12.1 Å². The first-order valence-corrected chi connectivity index (χ1v) is 5.34. The van der Waals surface area contributed by atoms with Gasteiger partial charge in [0.15, 0.2) is 0 Å². The molecular weight excluding hydrogens is 224 g/mol. The zero-order valence-corrected chi connectivity index (χ0v) is 9.83. The number of aromatic nitrogens is 1. The lowest BCUT2D eigenvalue weighted by molar-refractivity contribution is 1.17. The molecule has 0 saturated carbocycles. The summed E-state index contributed by atoms with van der Waals surface area (Å²) in [5.74, 6) is 0. The van der Waals surface area contributed by atoms with Gasteiger partial charge in [0.05, 0.1) is 11.6 Å². The number of pyridine rings is 1. The van der Waals surface area contributed by atoms with Gasteiger partial charge in [0.1, 0.15) is 11.8 Å². The van der Waals surface area contributed by atoms with E-state index in [2.05, 4.69) is 11.1 Å². The molecule has 0 unspecified atom stereocenters. The Labute approximate surface area is 105 Å². The lowest BCUT2D eigenvalue weighted by atomic mass is 10.2. The van der Waals surface area contributed by atoms with Crippen LogP contribution in [0.4, 0.5) is 11.4 Å². The maximum atomic E-state index is 8.87. The first-order valence-electron chi connectivity index (χ1n) is 5.34. The van der Waals surface area contributed by atoms with Crippen molar-refractivity contribution in [3.63, 3.8) is 0 Å². The zero-order chi connectivity index (χ0) is 13.0. The van der Waals surface area contributed by atoms with Gasteiger partial charge in [-0.2, -0.15) is 10.5 Å². The van der Waals surface area contributed by atoms with Gasteiger partial charge in [-0.3, -0.25) is 0 Å². The Morgan fingerprint density at radius 3 is 2.56 bits per heavy atom. The Kier molecular flexibility index (Phi) is 3.22. The van der Waals surface area contributed by atoms with Crippen LogP contribution in [0.5, 0.6) is 0 Å². The topological polar surface area (TPSA) is 63.7 Å². The molecule has 18 heavy (non-hydrogen) atoms. The van der Waals surface area contributed by atoms with Crippen LogP contribution >= 0.6 is 0 Å². The lowest BCUT2D eigenvalue weighted by Crippen LogP contribution is -2.09. The van der Waals surface area contributed by atoms with Crippen LogP contribution in [0.3, 0.4) is 0 Å². The van der Waals surface area contributed by atoms with Crippen molar-refractivity contribution in [1.29, 1.82) is 10.5 Å². The van der Waals surface area contributed by atoms with Crippen molar-refractivity contribution in [1.82, 2.24) is 4.98 Å². The number of anilines is 2. The SMILES string of the molecule is CN(c1cccc(C#N)c1)c1ccnc(C#N)c1. The van der Waals surface area contributed by atoms with Gasteiger partial charge in [-0.15, -0.1) is 0 Å². The van der Waals surface area contributed by atoms with Crippen LogP contribution in [-0.4, -0.2) is 12.0 Å². The number of nitrogens with zero attached hydrogens (tertiary/aromatic N) is 4. The fraction of sp³-hybridized carbons (Fsp3) is 0.0714. The molecule has 0 bridgehead atoms. The molecule has 86 valence electrons. The summed E-state index contributed by atoms with van der Waals surface area (Å²) >= 11 is 0. The van der Waals surface area contributed by atoms with Gasteiger partial charge < -0.3 is 4.90 Å². The lowest BCUT2D eigenvalue weighted by Gasteiger charge is -2.19. The average Bonchev–Trinajstić information content (AvgIpc) is 2.46. The third kappa shape index (κ3) is 2.28. The highest BCUT2D eigenvalue weighted by atomic mass is 15.1. The smallest absolute Gasteiger partial charge is 0.142 e. The molecule has 0 aliphatic heterocycles. The van der Waals surface area contributed by atoms with Crippen LogP contribution in [0.2, 0.25) is 0 Å². The van der Waals surface area contributed by atoms with E-state index in [1.165, 1.54) is 0 Å². The van der Waals surface area contributed by atoms with Crippen LogP contribution < -0.4 is 4.90 Å². The molecule has 2 rings (SSSR count). The Hall–Kier alpha value is -2.85. The van der Waals surface area contributed by atoms with Gasteiger partial charge in [-0.05, 0) is 30.3 Å². The van der Waals surface area contributed by atoms with E-state index in [0.29, 0.717) is 11.3 Å². The summed E-state index contributed by atoms with van der Waals surface area (Å²) in [7, 11) is 1.88. The van der Waals surface area contributed by atoms with E-state index in [-0.39, 0.29) is 0 Å². The van der Waals surface area contributed by atoms with Crippen molar-refractivity contribution in [2.75, 3.05) is 11.9 Å². The third-order valence-corrected chi connectivity index (χ3v) is 2.61. The minimum atomic E-state index is 0.371. The maximum Gasteiger partial charge on any atom is 0.142 e. The van der Waals surface area contributed by atoms with Gasteiger partial charge in [-0.1, -0.05) is 6.07 Å². The van der Waals surface area contributed by atoms with Crippen molar-refractivity contribution in [2.24, 2.45) is 0 Å². The fourth-order valence-electron chi connectivity index (χ4n) is 1.62. The highest BCUT2D eigenvalue weighted by Crippen LogP contribution is 2.24. The Morgan fingerprint density at radius 1 is 1.06 bits per heavy atom. The summed E-state index contributed by atoms with van der Waals surface area (Å²) in [6.45, 7) is 0. The average molecular weight is 234 g/mol. The molecule has 0 atom stereocenters. The van der Waals surface area contributed by atoms with Crippen molar-refractivity contribution < 1.29 is 0 Å². The number of rotatable bonds is 2. The molecule has 0 aliphatic rings. The largest absolute Gasteiger partial charge is 0.344 e. The highest BCUT2D eigenvalue weighted by molar-refractivity contribution is 5.64. The van der Waals surface area contributed by atoms with E-state index in [4.69, 9.17) is 10.5 Å². The summed E-state index contributed by atoms with van der Waals surface area (Å²) in [4.78, 5) is 5.83. The molecule has 0 spiro atoms. The molecule has 1 heterocycles. The summed E-state index contributed by atoms with van der Waals surface area (Å²) in [5, 5.41) is 17.7. The molecule has 1 aromatic heterocycles. The Balaban J connectivity index is 2.38. The zero-order valence-electron chi connectivity index (χ0n) is 9.83. The summed E-state index contributed by atoms with van der Waals surface area (Å²) in [5.41, 5.74) is 2.73. The van der Waals surface area contributed by atoms with E-state index in [1.54, 1.807) is 24.4 Å². The molecule has 2 aromatic rings. The monoisotopic (exact) mass is 234 g/mol. The molecule has 0 amide bonds. The van der Waals surface area contributed by atoms with Crippen LogP contribution in [0.25, 0.3) is 0 Å². The summed E-state index contributed by atoms with van der Waals surface area (Å²) < 4.78 is 0. The Morgan fingerprint density at radius 2 is 1.83 bits per heavy atom. The van der Waals surface area contributed by atoms with Crippen LogP contribution in [0.15, 0.2) is 42.6 Å². The van der Waals surface area contributed by atoms with Gasteiger partial charge in [0.2, 0.25) is 0 Å². The summed E-state index contributed by atoms with van der Waals surface area (Å²) in [6.07, 6.45) is 1.60. The van der Waals surface area contributed by atoms with Crippen molar-refractivity contribution in [2.45, 2.75) is 0 Å². The second kappa shape index (κ2) is 4.99. The van der Waals surface area contributed by atoms with Crippen LogP contribution in [-0.2, 0) is 0 Å². The molecule has 0 fully saturated rings. The predicted molar refractivity (Wildman–Crippen MR) is 68.2 cm³/mol. The highest BCUT2D eigenvalue weighted by Gasteiger charge is 2.05. The standard InChI is InChI=1S/C14H10N4/c1-18(13-4-2-3-11(7-13)9-15)14-5-6-17-12(8-14)10-16/h2-8H,1H3. The molecule has 0 saturated heterocycles. The fourth-order valence-corrected chi connectivity index (χ4v) is 1.62. The van der Waals surface area contributed by atoms with E-state index < -0.39 is 0 Å². The molecule has 0 aliphatic carbocycles. The van der Waals surface area contributed by atoms with Crippen molar-refractivity contribution >= 4 is 11.4 Å². The molecule has 1 aromatic carbocycles. The molecule has 4 nitrogen and oxygen atoms in total. The minimum Gasteiger partial charge on any atom is -0.344 e. The Bertz CT molecular complexity index is 592. The van der Waals surface area contributed by atoms with Gasteiger partial charge in [0, 0.05) is 24.6 Å². The van der Waals surface area contributed by atoms with Gasteiger partial charge in [-0.25, -0.2) is 4.98 Å². The van der Waals surface area contributed by atoms with Gasteiger partial charge >= 0.3 is 0 Å². The number of benzene rings is 1. The third-order valence-electron chi connectivity index (χ3n) is 2.61. The first-order chi connectivity index (χ1) is 8.74. The molecule has 4 heteroatoms. The predicted octanol–water partition coefficient (Wildman–Crippen LogP) is 2.59. The van der Waals surface area contributed by atoms with E-state index in [0.717, 1.165) is 11.4 Å². The second-order valence-corrected chi connectivity index (χ2v) is 3.73. The summed E-state index contributed by atoms with van der Waals surface area (Å²) in [6, 6.07) is 14.9. The molecule has 0 N–H and O–H groups in total. The first kappa shape index (κ1) is 11.6. The van der Waals surface area contributed by atoms with E-state index in [1.807, 2.05) is 36.2 Å². The number of hydrogen-bond donors (Lipinski definition) is 0. The molecular formula is C14H10N4. The number of hydrogen-bond acceptors (Lipinski definition) is 4. The second-order valence-electron chi connectivity index (χ2n) is 3.73. The van der Waals surface area contributed by atoms with Crippen LogP contribution in [0, 0.1) is 22.7 Å². The van der Waals surface area contributed by atoms with E-state index in [9.17, 15) is 0 Å². The quantitative estimate of drug-likeness (QED) is 0.801. The van der Waals surface area contributed by atoms with Crippen LogP contribution in [0.1, 0.15) is 11.3 Å². The van der Waals surface area contributed by atoms with Crippen molar-refractivity contribution in [3.05, 3.63) is 53.9 Å². The normalized spacial score (nSPS) is 9.28. The maximum absolute atomic E-state index is 8.87. The number of nitriles is 2. The minimum absolute atomic E-state index is 0.371. The van der Waals surface area contributed by atoms with Gasteiger partial charge in [0.25, 0.3) is 0 Å². The molecule has 0 radical (unpaired) electrons. The van der Waals surface area contributed by atoms with E-state index >= 15 is 0 Å².